The number of hydrogen-bond acceptors (Lipinski definition) is 5. The molecule has 0 saturated heterocycles. The van der Waals surface area contributed by atoms with Crippen molar-refractivity contribution < 1.29 is 17.9 Å². The first-order chi connectivity index (χ1) is 15.9. The zero-order valence-electron chi connectivity index (χ0n) is 18.5. The highest BCUT2D eigenvalue weighted by Crippen LogP contribution is 2.36. The molecule has 174 valence electrons. The Hall–Kier alpha value is -3.29. The second-order valence-corrected chi connectivity index (χ2v) is 8.18. The maximum absolute atomic E-state index is 13.5. The van der Waals surface area contributed by atoms with E-state index in [4.69, 9.17) is 4.74 Å². The summed E-state index contributed by atoms with van der Waals surface area (Å²) < 4.78 is 46.2. The molecule has 3 aromatic rings. The topological polar surface area (TPSA) is 59.1 Å². The van der Waals surface area contributed by atoms with Crippen molar-refractivity contribution in [1.82, 2.24) is 9.97 Å². The maximum atomic E-state index is 13.5. The Morgan fingerprint density at radius 3 is 2.21 bits per heavy atom. The van der Waals surface area contributed by atoms with E-state index in [0.717, 1.165) is 18.3 Å². The van der Waals surface area contributed by atoms with E-state index in [2.05, 4.69) is 32.7 Å². The molecular weight excluding hydrogens is 429 g/mol. The van der Waals surface area contributed by atoms with Crippen LogP contribution in [0.5, 0.6) is 5.75 Å². The van der Waals surface area contributed by atoms with Gasteiger partial charge in [0, 0.05) is 17.6 Å². The molecule has 5 nitrogen and oxygen atoms in total. The molecule has 0 atom stereocenters. The van der Waals surface area contributed by atoms with Crippen molar-refractivity contribution in [3.05, 3.63) is 65.9 Å². The van der Waals surface area contributed by atoms with Gasteiger partial charge in [0.15, 0.2) is 0 Å². The van der Waals surface area contributed by atoms with Gasteiger partial charge in [-0.1, -0.05) is 31.9 Å². The molecule has 0 amide bonds. The molecule has 4 rings (SSSR count). The predicted molar refractivity (Wildman–Crippen MR) is 123 cm³/mol. The van der Waals surface area contributed by atoms with Crippen LogP contribution in [0.1, 0.15) is 56.1 Å². The fourth-order valence-corrected chi connectivity index (χ4v) is 3.96. The van der Waals surface area contributed by atoms with E-state index in [9.17, 15) is 13.2 Å². The number of anilines is 4. The van der Waals surface area contributed by atoms with E-state index in [-0.39, 0.29) is 11.8 Å². The van der Waals surface area contributed by atoms with Crippen LogP contribution < -0.4 is 15.4 Å². The van der Waals surface area contributed by atoms with Crippen LogP contribution in [0.15, 0.2) is 54.7 Å². The molecule has 8 heteroatoms. The van der Waals surface area contributed by atoms with Crippen molar-refractivity contribution in [2.75, 3.05) is 17.2 Å². The number of rotatable bonds is 8. The number of hydrogen-bond donors (Lipinski definition) is 2. The summed E-state index contributed by atoms with van der Waals surface area (Å²) in [4.78, 5) is 8.01. The van der Waals surface area contributed by atoms with Gasteiger partial charge in [-0.05, 0) is 67.1 Å². The van der Waals surface area contributed by atoms with Gasteiger partial charge >= 0.3 is 6.18 Å². The molecular formula is C25H27F3N4O. The zero-order valence-corrected chi connectivity index (χ0v) is 18.5. The highest BCUT2D eigenvalue weighted by molar-refractivity contribution is 5.63. The highest BCUT2D eigenvalue weighted by Gasteiger charge is 2.35. The highest BCUT2D eigenvalue weighted by atomic mass is 19.4. The minimum atomic E-state index is -4.59. The molecule has 1 aliphatic rings. The summed E-state index contributed by atoms with van der Waals surface area (Å²) in [6.45, 7) is 2.58. The number of nitrogens with one attached hydrogen (secondary N) is 2. The van der Waals surface area contributed by atoms with Gasteiger partial charge in [0.25, 0.3) is 0 Å². The lowest BCUT2D eigenvalue weighted by atomic mass is 9.98. The zero-order chi connectivity index (χ0) is 23.3. The van der Waals surface area contributed by atoms with E-state index in [1.807, 2.05) is 19.1 Å². The molecule has 1 heterocycles. The Kier molecular flexibility index (Phi) is 7.01. The first kappa shape index (κ1) is 22.9. The lowest BCUT2D eigenvalue weighted by molar-refractivity contribution is -0.137. The van der Waals surface area contributed by atoms with E-state index >= 15 is 0 Å². The summed E-state index contributed by atoms with van der Waals surface area (Å²) in [6, 6.07) is 14.7. The molecule has 1 fully saturated rings. The van der Waals surface area contributed by atoms with Crippen molar-refractivity contribution >= 4 is 23.1 Å². The number of aromatic nitrogens is 2. The van der Waals surface area contributed by atoms with Crippen molar-refractivity contribution in [2.45, 2.75) is 51.1 Å². The van der Waals surface area contributed by atoms with Crippen LogP contribution >= 0.6 is 0 Å². The summed E-state index contributed by atoms with van der Waals surface area (Å²) >= 11 is 0. The minimum absolute atomic E-state index is 0.0852. The van der Waals surface area contributed by atoms with E-state index in [0.29, 0.717) is 24.0 Å². The van der Waals surface area contributed by atoms with Crippen molar-refractivity contribution in [3.8, 4) is 5.75 Å². The van der Waals surface area contributed by atoms with Crippen LogP contribution in [-0.4, -0.2) is 16.6 Å². The quantitative estimate of drug-likeness (QED) is 0.369. The third kappa shape index (κ3) is 5.94. The number of ether oxygens (including phenoxy) is 1. The molecule has 0 aliphatic heterocycles. The van der Waals surface area contributed by atoms with E-state index in [1.54, 1.807) is 24.3 Å². The van der Waals surface area contributed by atoms with Crippen molar-refractivity contribution in [1.29, 1.82) is 0 Å². The summed E-state index contributed by atoms with van der Waals surface area (Å²) in [6.07, 6.45) is 2.00. The second kappa shape index (κ2) is 10.1. The molecule has 1 saturated carbocycles. The van der Waals surface area contributed by atoms with Gasteiger partial charge in [-0.25, -0.2) is 4.98 Å². The Morgan fingerprint density at radius 1 is 0.939 bits per heavy atom. The maximum Gasteiger partial charge on any atom is 0.421 e. The van der Waals surface area contributed by atoms with Gasteiger partial charge in [0.2, 0.25) is 5.95 Å². The van der Waals surface area contributed by atoms with Crippen LogP contribution in [-0.2, 0) is 6.18 Å². The molecule has 33 heavy (non-hydrogen) atoms. The van der Waals surface area contributed by atoms with Gasteiger partial charge in [0.05, 0.1) is 6.61 Å². The van der Waals surface area contributed by atoms with E-state index in [1.165, 1.54) is 31.2 Å². The van der Waals surface area contributed by atoms with Gasteiger partial charge in [-0.3, -0.25) is 0 Å². The van der Waals surface area contributed by atoms with E-state index < -0.39 is 11.7 Å². The average molecular weight is 457 g/mol. The van der Waals surface area contributed by atoms with Gasteiger partial charge in [0.1, 0.15) is 17.1 Å². The first-order valence-electron chi connectivity index (χ1n) is 11.2. The average Bonchev–Trinajstić information content (AvgIpc) is 3.34. The largest absolute Gasteiger partial charge is 0.494 e. The van der Waals surface area contributed by atoms with Crippen LogP contribution in [0.2, 0.25) is 0 Å². The molecule has 0 bridgehead atoms. The molecule has 2 N–H and O–H groups in total. The van der Waals surface area contributed by atoms with Crippen LogP contribution in [0.25, 0.3) is 0 Å². The third-order valence-corrected chi connectivity index (χ3v) is 5.68. The number of nitrogens with zero attached hydrogens (tertiary/aromatic N) is 2. The Morgan fingerprint density at radius 2 is 1.58 bits per heavy atom. The Bertz CT molecular complexity index is 1050. The van der Waals surface area contributed by atoms with Crippen LogP contribution in [0.3, 0.4) is 0 Å². The van der Waals surface area contributed by atoms with Crippen molar-refractivity contribution in [3.63, 3.8) is 0 Å². The molecule has 0 spiro atoms. The summed E-state index contributed by atoms with van der Waals surface area (Å²) in [5.41, 5.74) is 1.55. The predicted octanol–water partition coefficient (Wildman–Crippen LogP) is 7.43. The smallest absolute Gasteiger partial charge is 0.421 e. The summed E-state index contributed by atoms with van der Waals surface area (Å²) in [5.74, 6) is 1.02. The van der Waals surface area contributed by atoms with Crippen LogP contribution in [0, 0.1) is 0 Å². The Labute approximate surface area is 191 Å². The minimum Gasteiger partial charge on any atom is -0.494 e. The fourth-order valence-electron chi connectivity index (χ4n) is 3.96. The first-order valence-corrected chi connectivity index (χ1v) is 11.2. The second-order valence-electron chi connectivity index (χ2n) is 8.18. The van der Waals surface area contributed by atoms with Gasteiger partial charge < -0.3 is 15.4 Å². The monoisotopic (exact) mass is 456 g/mol. The van der Waals surface area contributed by atoms with Gasteiger partial charge in [-0.2, -0.15) is 18.2 Å². The lowest BCUT2D eigenvalue weighted by Crippen LogP contribution is -2.12. The lowest BCUT2D eigenvalue weighted by Gasteiger charge is -2.15. The normalized spacial score (nSPS) is 14.3. The van der Waals surface area contributed by atoms with Gasteiger partial charge in [-0.15, -0.1) is 0 Å². The van der Waals surface area contributed by atoms with Crippen molar-refractivity contribution in [2.24, 2.45) is 0 Å². The molecule has 1 aliphatic carbocycles. The van der Waals surface area contributed by atoms with Crippen LogP contribution in [0.4, 0.5) is 36.3 Å². The number of alkyl halides is 3. The standard InChI is InChI=1S/C25H27F3N4O/c1-2-15-33-21-13-11-19(12-14-21)30-23-22(25(26,27)28)16-29-24(32-23)31-20-9-7-18(8-10-20)17-5-3-4-6-17/h7-14,16-17H,2-6,15H2,1H3,(H2,29,30,31,32). The molecule has 2 aromatic carbocycles. The molecule has 1 aromatic heterocycles. The summed E-state index contributed by atoms with van der Waals surface area (Å²) in [5, 5.41) is 5.78. The fraction of sp³-hybridized carbons (Fsp3) is 0.360. The number of benzene rings is 2. The summed E-state index contributed by atoms with van der Waals surface area (Å²) in [7, 11) is 0. The SMILES string of the molecule is CCCOc1ccc(Nc2nc(Nc3ccc(C4CCCC4)cc3)ncc2C(F)(F)F)cc1. The molecule has 0 radical (unpaired) electrons. The third-order valence-electron chi connectivity index (χ3n) is 5.68. The molecule has 0 unspecified atom stereocenters. The Balaban J connectivity index is 1.52. The number of halogens is 3.